The minimum Gasteiger partial charge on any atom is -0.399 e. The van der Waals surface area contributed by atoms with Gasteiger partial charge in [-0.25, -0.2) is 23.1 Å². The molecular weight excluding hydrogens is 562 g/mol. The summed E-state index contributed by atoms with van der Waals surface area (Å²) in [6, 6.07) is 13.8. The zero-order valence-corrected chi connectivity index (χ0v) is 23.3. The number of halogens is 2. The first-order chi connectivity index (χ1) is 20.2. The van der Waals surface area contributed by atoms with E-state index in [2.05, 4.69) is 15.2 Å². The van der Waals surface area contributed by atoms with Gasteiger partial charge in [0.1, 0.15) is 16.5 Å². The summed E-state index contributed by atoms with van der Waals surface area (Å²) in [7, 11) is 3.73. The first kappa shape index (κ1) is 27.2. The number of anilines is 1. The van der Waals surface area contributed by atoms with Gasteiger partial charge in [-0.2, -0.15) is 10.2 Å². The van der Waals surface area contributed by atoms with E-state index in [1.165, 1.54) is 45.4 Å². The highest BCUT2D eigenvalue weighted by Crippen LogP contribution is 2.38. The SMILES string of the molecule is CN(C)Cc1c(-c2ccc(N)cc2)sc2c1c(=O)n(-c1ccc(-n3nccn3)nc1)c(=O)n2Cc1c(F)cccc1F. The summed E-state index contributed by atoms with van der Waals surface area (Å²) in [6.07, 6.45) is 4.35. The fourth-order valence-electron chi connectivity index (χ4n) is 4.78. The Bertz CT molecular complexity index is 2010. The summed E-state index contributed by atoms with van der Waals surface area (Å²) < 4.78 is 31.9. The standard InChI is InChI=1S/C29H24F2N8O2S/c1-36(2)15-21-25-27(40)38(19-10-11-24(33-14-19)39-34-12-13-35-39)29(41)37(16-20-22(30)4-3-5-23(20)31)28(25)42-26(21)17-6-8-18(32)9-7-17/h3-14H,15-16,32H2,1-2H3. The lowest BCUT2D eigenvalue weighted by molar-refractivity contribution is 0.405. The van der Waals surface area contributed by atoms with Crippen molar-refractivity contribution in [1.82, 2.24) is 34.0 Å². The number of benzene rings is 2. The fourth-order valence-corrected chi connectivity index (χ4v) is 6.08. The van der Waals surface area contributed by atoms with E-state index in [-0.39, 0.29) is 16.6 Å². The van der Waals surface area contributed by atoms with E-state index in [0.717, 1.165) is 27.1 Å². The van der Waals surface area contributed by atoms with E-state index < -0.39 is 29.4 Å². The molecule has 0 aliphatic heterocycles. The predicted molar refractivity (Wildman–Crippen MR) is 157 cm³/mol. The van der Waals surface area contributed by atoms with Gasteiger partial charge in [0, 0.05) is 22.7 Å². The Labute approximate surface area is 241 Å². The number of hydrogen-bond acceptors (Lipinski definition) is 8. The van der Waals surface area contributed by atoms with Crippen molar-refractivity contribution in [3.05, 3.63) is 117 Å². The van der Waals surface area contributed by atoms with E-state index in [4.69, 9.17) is 5.73 Å². The summed E-state index contributed by atoms with van der Waals surface area (Å²) in [5, 5.41) is 8.36. The molecule has 0 bridgehead atoms. The number of nitrogens with zero attached hydrogens (tertiary/aromatic N) is 7. The van der Waals surface area contributed by atoms with Gasteiger partial charge in [-0.3, -0.25) is 9.36 Å². The molecule has 13 heteroatoms. The lowest BCUT2D eigenvalue weighted by Crippen LogP contribution is -2.39. The molecule has 4 aromatic heterocycles. The van der Waals surface area contributed by atoms with E-state index in [1.807, 2.05) is 31.1 Å². The number of hydrogen-bond donors (Lipinski definition) is 1. The van der Waals surface area contributed by atoms with E-state index in [1.54, 1.807) is 24.3 Å². The molecular formula is C29H24F2N8O2S. The maximum atomic E-state index is 14.8. The molecule has 0 unspecified atom stereocenters. The number of aromatic nitrogens is 6. The van der Waals surface area contributed by atoms with Gasteiger partial charge in [0.05, 0.1) is 36.2 Å². The maximum Gasteiger partial charge on any atom is 0.337 e. The average molecular weight is 587 g/mol. The van der Waals surface area contributed by atoms with Gasteiger partial charge in [0.2, 0.25) is 0 Å². The number of nitrogen functional groups attached to an aromatic ring is 1. The van der Waals surface area contributed by atoms with Crippen LogP contribution >= 0.6 is 11.3 Å². The molecule has 212 valence electrons. The molecule has 0 radical (unpaired) electrons. The minimum absolute atomic E-state index is 0.182. The quantitative estimate of drug-likeness (QED) is 0.283. The molecule has 0 saturated heterocycles. The first-order valence-corrected chi connectivity index (χ1v) is 13.6. The molecule has 42 heavy (non-hydrogen) atoms. The molecule has 0 spiro atoms. The second-order valence-corrected chi connectivity index (χ2v) is 10.9. The molecule has 0 saturated carbocycles. The third-order valence-electron chi connectivity index (χ3n) is 6.71. The van der Waals surface area contributed by atoms with Crippen LogP contribution in [0.4, 0.5) is 14.5 Å². The van der Waals surface area contributed by atoms with Crippen LogP contribution < -0.4 is 17.0 Å². The molecule has 2 N–H and O–H groups in total. The van der Waals surface area contributed by atoms with Gasteiger partial charge in [-0.1, -0.05) is 18.2 Å². The predicted octanol–water partition coefficient (Wildman–Crippen LogP) is 3.83. The van der Waals surface area contributed by atoms with Crippen LogP contribution in [0.25, 0.3) is 32.2 Å². The highest BCUT2D eigenvalue weighted by Gasteiger charge is 2.25. The topological polar surface area (TPSA) is 117 Å². The maximum absolute atomic E-state index is 14.8. The van der Waals surface area contributed by atoms with Crippen molar-refractivity contribution >= 4 is 27.2 Å². The van der Waals surface area contributed by atoms with Crippen molar-refractivity contribution in [2.24, 2.45) is 0 Å². The Morgan fingerprint density at radius 3 is 2.24 bits per heavy atom. The van der Waals surface area contributed by atoms with Crippen molar-refractivity contribution in [2.45, 2.75) is 13.1 Å². The highest BCUT2D eigenvalue weighted by atomic mass is 32.1. The van der Waals surface area contributed by atoms with Crippen molar-refractivity contribution < 1.29 is 8.78 Å². The number of nitrogens with two attached hydrogens (primary N) is 1. The van der Waals surface area contributed by atoms with E-state index in [9.17, 15) is 18.4 Å². The van der Waals surface area contributed by atoms with Crippen LogP contribution in [0, 0.1) is 11.6 Å². The molecule has 0 atom stereocenters. The monoisotopic (exact) mass is 586 g/mol. The zero-order chi connectivity index (χ0) is 29.5. The van der Waals surface area contributed by atoms with Crippen LogP contribution in [-0.2, 0) is 13.1 Å². The molecule has 0 fully saturated rings. The van der Waals surface area contributed by atoms with Crippen molar-refractivity contribution in [3.63, 3.8) is 0 Å². The lowest BCUT2D eigenvalue weighted by atomic mass is 10.1. The summed E-state index contributed by atoms with van der Waals surface area (Å²) >= 11 is 1.22. The van der Waals surface area contributed by atoms with Crippen LogP contribution in [0.3, 0.4) is 0 Å². The van der Waals surface area contributed by atoms with Gasteiger partial charge >= 0.3 is 5.69 Å². The van der Waals surface area contributed by atoms with E-state index >= 15 is 0 Å². The number of thiophene rings is 1. The summed E-state index contributed by atoms with van der Waals surface area (Å²) in [5.74, 6) is -1.22. The Hall–Kier alpha value is -5.01. The van der Waals surface area contributed by atoms with Crippen molar-refractivity contribution in [1.29, 1.82) is 0 Å². The number of rotatable bonds is 7. The van der Waals surface area contributed by atoms with Crippen LogP contribution in [-0.4, -0.2) is 48.1 Å². The molecule has 6 rings (SSSR count). The van der Waals surface area contributed by atoms with Gasteiger partial charge in [-0.15, -0.1) is 16.1 Å². The van der Waals surface area contributed by atoms with Gasteiger partial charge in [0.15, 0.2) is 5.82 Å². The van der Waals surface area contributed by atoms with Crippen molar-refractivity contribution in [2.75, 3.05) is 19.8 Å². The van der Waals surface area contributed by atoms with Crippen LogP contribution in [0.2, 0.25) is 0 Å². The van der Waals surface area contributed by atoms with Gasteiger partial charge < -0.3 is 10.6 Å². The second kappa shape index (κ2) is 10.8. The fraction of sp³-hybridized carbons (Fsp3) is 0.138. The van der Waals surface area contributed by atoms with Crippen LogP contribution in [0.15, 0.2) is 82.8 Å². The number of fused-ring (bicyclic) bond motifs is 1. The molecule has 6 aromatic rings. The Morgan fingerprint density at radius 2 is 1.62 bits per heavy atom. The third-order valence-corrected chi connectivity index (χ3v) is 8.02. The van der Waals surface area contributed by atoms with Gasteiger partial charge in [-0.05, 0) is 61.6 Å². The first-order valence-electron chi connectivity index (χ1n) is 12.8. The van der Waals surface area contributed by atoms with Crippen molar-refractivity contribution in [3.8, 4) is 21.9 Å². The van der Waals surface area contributed by atoms with Crippen LogP contribution in [0.5, 0.6) is 0 Å². The molecule has 0 aliphatic carbocycles. The summed E-state index contributed by atoms with van der Waals surface area (Å²) in [4.78, 5) is 36.9. The molecule has 10 nitrogen and oxygen atoms in total. The zero-order valence-electron chi connectivity index (χ0n) is 22.5. The molecule has 0 aliphatic rings. The van der Waals surface area contributed by atoms with Gasteiger partial charge in [0.25, 0.3) is 5.56 Å². The smallest absolute Gasteiger partial charge is 0.337 e. The Morgan fingerprint density at radius 1 is 0.929 bits per heavy atom. The average Bonchev–Trinajstić information content (AvgIpc) is 3.62. The molecule has 2 aromatic carbocycles. The third kappa shape index (κ3) is 4.78. The van der Waals surface area contributed by atoms with Crippen LogP contribution in [0.1, 0.15) is 11.1 Å². The minimum atomic E-state index is -0.797. The summed E-state index contributed by atoms with van der Waals surface area (Å²) in [5.41, 5.74) is 6.52. The van der Waals surface area contributed by atoms with E-state index in [0.29, 0.717) is 28.4 Å². The molecule has 4 heterocycles. The Balaban J connectivity index is 1.66. The number of pyridine rings is 1. The highest BCUT2D eigenvalue weighted by molar-refractivity contribution is 7.22. The summed E-state index contributed by atoms with van der Waals surface area (Å²) in [6.45, 7) is -0.0662. The largest absolute Gasteiger partial charge is 0.399 e. The Kier molecular flexibility index (Phi) is 6.96. The normalized spacial score (nSPS) is 11.5. The molecule has 0 amide bonds. The second-order valence-electron chi connectivity index (χ2n) is 9.85. The lowest BCUT2D eigenvalue weighted by Gasteiger charge is -2.15.